The highest BCUT2D eigenvalue weighted by molar-refractivity contribution is 7.89. The van der Waals surface area contributed by atoms with E-state index < -0.39 is 10.0 Å². The van der Waals surface area contributed by atoms with E-state index >= 15 is 0 Å². The van der Waals surface area contributed by atoms with Crippen molar-refractivity contribution in [2.24, 2.45) is 5.14 Å². The largest absolute Gasteiger partial charge is 0.240 e. The average Bonchev–Trinajstić information content (AvgIpc) is 3.12. The Labute approximate surface area is 187 Å². The number of primary sulfonamides is 1. The molecule has 31 heavy (non-hydrogen) atoms. The highest BCUT2D eigenvalue weighted by atomic mass is 35.5. The lowest BCUT2D eigenvalue weighted by Crippen LogP contribution is -2.16. The van der Waals surface area contributed by atoms with Crippen LogP contribution >= 0.6 is 11.6 Å². The van der Waals surface area contributed by atoms with Gasteiger partial charge in [0, 0.05) is 16.1 Å². The quantitative estimate of drug-likeness (QED) is 0.449. The van der Waals surface area contributed by atoms with E-state index in [1.807, 2.05) is 32.0 Å². The maximum absolute atomic E-state index is 12.3. The van der Waals surface area contributed by atoms with Crippen molar-refractivity contribution < 1.29 is 8.42 Å². The third-order valence-electron chi connectivity index (χ3n) is 5.18. The number of aryl methyl sites for hydroxylation is 3. The summed E-state index contributed by atoms with van der Waals surface area (Å²) >= 11 is 6.05. The molecule has 0 spiro atoms. The van der Waals surface area contributed by atoms with Gasteiger partial charge in [-0.15, -0.1) is 0 Å². The van der Waals surface area contributed by atoms with Crippen LogP contribution in [-0.4, -0.2) is 18.2 Å². The molecule has 0 unspecified atom stereocenters. The Morgan fingerprint density at radius 1 is 0.903 bits per heavy atom. The molecular weight excluding hydrogens is 430 g/mol. The second kappa shape index (κ2) is 7.96. The van der Waals surface area contributed by atoms with Crippen LogP contribution in [0, 0.1) is 20.8 Å². The van der Waals surface area contributed by atoms with Crippen molar-refractivity contribution in [3.63, 3.8) is 0 Å². The second-order valence-corrected chi connectivity index (χ2v) is 9.59. The van der Waals surface area contributed by atoms with Crippen molar-refractivity contribution in [1.82, 2.24) is 9.78 Å². The van der Waals surface area contributed by atoms with Crippen molar-refractivity contribution in [3.05, 3.63) is 88.4 Å². The minimum Gasteiger partial charge on any atom is -0.231 e. The van der Waals surface area contributed by atoms with E-state index in [-0.39, 0.29) is 4.90 Å². The Morgan fingerprint density at radius 2 is 1.52 bits per heavy atom. The summed E-state index contributed by atoms with van der Waals surface area (Å²) in [5.74, 6) is 0. The predicted molar refractivity (Wildman–Crippen MR) is 125 cm³/mol. The standard InChI is InChI=1S/C24H22ClN3O2S/c1-15-12-16(2)24(17(3)13-15)22-14-20(18-8-10-19(25)11-9-18)27-28(22)21-6-4-5-7-23(21)31(26,29)30/h4-14H,1-3H3,(H2,26,29,30). The Balaban J connectivity index is 2.05. The number of halogens is 1. The first kappa shape index (κ1) is 21.3. The highest BCUT2D eigenvalue weighted by Gasteiger charge is 2.21. The van der Waals surface area contributed by atoms with Gasteiger partial charge in [-0.25, -0.2) is 18.2 Å². The second-order valence-electron chi connectivity index (χ2n) is 7.62. The van der Waals surface area contributed by atoms with Gasteiger partial charge in [0.15, 0.2) is 0 Å². The van der Waals surface area contributed by atoms with Crippen molar-refractivity contribution in [2.75, 3.05) is 0 Å². The number of sulfonamides is 1. The van der Waals surface area contributed by atoms with Crippen LogP contribution in [0.15, 0.2) is 71.6 Å². The molecule has 7 heteroatoms. The molecule has 2 N–H and O–H groups in total. The van der Waals surface area contributed by atoms with Gasteiger partial charge >= 0.3 is 0 Å². The molecule has 0 saturated heterocycles. The molecule has 158 valence electrons. The van der Waals surface area contributed by atoms with E-state index in [9.17, 15) is 8.42 Å². The van der Waals surface area contributed by atoms with Crippen LogP contribution in [-0.2, 0) is 10.0 Å². The normalized spacial score (nSPS) is 11.6. The van der Waals surface area contributed by atoms with E-state index in [1.54, 1.807) is 35.0 Å². The zero-order valence-corrected chi connectivity index (χ0v) is 19.0. The third kappa shape index (κ3) is 4.14. The number of rotatable bonds is 4. The molecule has 4 rings (SSSR count). The molecule has 0 fully saturated rings. The molecular formula is C24H22ClN3O2S. The fourth-order valence-corrected chi connectivity index (χ4v) is 4.80. The lowest BCUT2D eigenvalue weighted by Gasteiger charge is -2.15. The summed E-state index contributed by atoms with van der Waals surface area (Å²) in [6, 6.07) is 20.2. The van der Waals surface area contributed by atoms with Crippen LogP contribution in [0.3, 0.4) is 0 Å². The zero-order chi connectivity index (χ0) is 22.3. The fourth-order valence-electron chi connectivity index (χ4n) is 3.96. The maximum Gasteiger partial charge on any atom is 0.240 e. The summed E-state index contributed by atoms with van der Waals surface area (Å²) in [4.78, 5) is 0.0180. The maximum atomic E-state index is 12.3. The Bertz CT molecular complexity index is 1370. The minimum atomic E-state index is -3.95. The van der Waals surface area contributed by atoms with Crippen LogP contribution < -0.4 is 5.14 Å². The molecule has 0 aliphatic heterocycles. The van der Waals surface area contributed by atoms with Gasteiger partial charge in [-0.05, 0) is 62.2 Å². The molecule has 4 aromatic rings. The summed E-state index contributed by atoms with van der Waals surface area (Å²) < 4.78 is 26.2. The molecule has 0 radical (unpaired) electrons. The number of nitrogens with two attached hydrogens (primary N) is 1. The van der Waals surface area contributed by atoms with E-state index in [1.165, 1.54) is 6.07 Å². The summed E-state index contributed by atoms with van der Waals surface area (Å²) in [7, 11) is -3.95. The van der Waals surface area contributed by atoms with Crippen molar-refractivity contribution in [3.8, 4) is 28.2 Å². The van der Waals surface area contributed by atoms with Gasteiger partial charge in [0.2, 0.25) is 10.0 Å². The molecule has 1 heterocycles. The number of benzene rings is 3. The summed E-state index contributed by atoms with van der Waals surface area (Å²) in [5.41, 5.74) is 7.09. The van der Waals surface area contributed by atoms with Gasteiger partial charge in [0.1, 0.15) is 4.90 Å². The topological polar surface area (TPSA) is 78.0 Å². The molecule has 0 bridgehead atoms. The molecule has 5 nitrogen and oxygen atoms in total. The van der Waals surface area contributed by atoms with E-state index in [0.29, 0.717) is 16.4 Å². The SMILES string of the molecule is Cc1cc(C)c(-c2cc(-c3ccc(Cl)cc3)nn2-c2ccccc2S(N)(=O)=O)c(C)c1. The first-order chi connectivity index (χ1) is 14.6. The number of hydrogen-bond donors (Lipinski definition) is 1. The molecule has 0 aliphatic rings. The molecule has 0 saturated carbocycles. The monoisotopic (exact) mass is 451 g/mol. The van der Waals surface area contributed by atoms with E-state index in [2.05, 4.69) is 19.1 Å². The fraction of sp³-hybridized carbons (Fsp3) is 0.125. The lowest BCUT2D eigenvalue weighted by atomic mass is 9.96. The summed E-state index contributed by atoms with van der Waals surface area (Å²) in [6.07, 6.45) is 0. The summed E-state index contributed by atoms with van der Waals surface area (Å²) in [5, 5.41) is 10.9. The van der Waals surface area contributed by atoms with Gasteiger partial charge in [0.05, 0.1) is 17.1 Å². The smallest absolute Gasteiger partial charge is 0.231 e. The molecule has 1 aromatic heterocycles. The zero-order valence-electron chi connectivity index (χ0n) is 17.4. The molecule has 0 atom stereocenters. The van der Waals surface area contributed by atoms with Crippen molar-refractivity contribution >= 4 is 21.6 Å². The Hall–Kier alpha value is -2.93. The molecule has 3 aromatic carbocycles. The first-order valence-corrected chi connectivity index (χ1v) is 11.6. The average molecular weight is 452 g/mol. The Morgan fingerprint density at radius 3 is 2.13 bits per heavy atom. The highest BCUT2D eigenvalue weighted by Crippen LogP contribution is 2.35. The van der Waals surface area contributed by atoms with Gasteiger partial charge < -0.3 is 0 Å². The van der Waals surface area contributed by atoms with E-state index in [0.717, 1.165) is 33.5 Å². The van der Waals surface area contributed by atoms with Crippen LogP contribution in [0.5, 0.6) is 0 Å². The first-order valence-electron chi connectivity index (χ1n) is 9.71. The van der Waals surface area contributed by atoms with Crippen LogP contribution in [0.4, 0.5) is 0 Å². The minimum absolute atomic E-state index is 0.0180. The van der Waals surface area contributed by atoms with Gasteiger partial charge in [-0.2, -0.15) is 5.10 Å². The lowest BCUT2D eigenvalue weighted by molar-refractivity contribution is 0.596. The Kier molecular flexibility index (Phi) is 5.47. The van der Waals surface area contributed by atoms with Crippen LogP contribution in [0.1, 0.15) is 16.7 Å². The number of para-hydroxylation sites is 1. The predicted octanol–water partition coefficient (Wildman–Crippen LogP) is 5.43. The van der Waals surface area contributed by atoms with Gasteiger partial charge in [-0.3, -0.25) is 0 Å². The third-order valence-corrected chi connectivity index (χ3v) is 6.39. The van der Waals surface area contributed by atoms with Gasteiger partial charge in [0.25, 0.3) is 0 Å². The van der Waals surface area contributed by atoms with Crippen molar-refractivity contribution in [2.45, 2.75) is 25.7 Å². The summed E-state index contributed by atoms with van der Waals surface area (Å²) in [6.45, 7) is 6.14. The molecule has 0 aliphatic carbocycles. The van der Waals surface area contributed by atoms with Gasteiger partial charge in [-0.1, -0.05) is 53.6 Å². The van der Waals surface area contributed by atoms with E-state index in [4.69, 9.17) is 21.8 Å². The van der Waals surface area contributed by atoms with Crippen LogP contribution in [0.2, 0.25) is 5.02 Å². The van der Waals surface area contributed by atoms with Crippen molar-refractivity contribution in [1.29, 1.82) is 0 Å². The number of hydrogen-bond acceptors (Lipinski definition) is 3. The number of aromatic nitrogens is 2. The van der Waals surface area contributed by atoms with Crippen LogP contribution in [0.25, 0.3) is 28.2 Å². The number of nitrogens with zero attached hydrogens (tertiary/aromatic N) is 2. The molecule has 0 amide bonds.